The molecule has 2 aromatic rings. The van der Waals surface area contributed by atoms with E-state index in [2.05, 4.69) is 19.4 Å². The first-order valence-corrected chi connectivity index (χ1v) is 8.37. The van der Waals surface area contributed by atoms with Gasteiger partial charge in [-0.05, 0) is 36.9 Å². The van der Waals surface area contributed by atoms with E-state index in [0.717, 1.165) is 43.7 Å². The van der Waals surface area contributed by atoms with Gasteiger partial charge >= 0.3 is 5.97 Å². The van der Waals surface area contributed by atoms with Crippen LogP contribution in [0, 0.1) is 5.92 Å². The standard InChI is InChI=1S/C18H24N4O2/c1-21-10-8-20-16(21)11-14-5-4-9-22(13-14)17(18(23)24-2)15-6-3-7-19-12-15/h3,6-8,10,12,14,17H,4-5,9,11,13H2,1-2H3/t14-,17+/m0/s1. The summed E-state index contributed by atoms with van der Waals surface area (Å²) >= 11 is 0. The van der Waals surface area contributed by atoms with Crippen LogP contribution in [0.4, 0.5) is 0 Å². The molecule has 0 saturated carbocycles. The van der Waals surface area contributed by atoms with Gasteiger partial charge in [0.2, 0.25) is 0 Å². The van der Waals surface area contributed by atoms with Crippen molar-refractivity contribution in [2.24, 2.45) is 13.0 Å². The van der Waals surface area contributed by atoms with Crippen molar-refractivity contribution in [2.75, 3.05) is 20.2 Å². The van der Waals surface area contributed by atoms with Gasteiger partial charge < -0.3 is 9.30 Å². The fraction of sp³-hybridized carbons (Fsp3) is 0.500. The molecular weight excluding hydrogens is 304 g/mol. The molecule has 6 nitrogen and oxygen atoms in total. The normalized spacial score (nSPS) is 19.8. The first kappa shape index (κ1) is 16.6. The molecule has 0 spiro atoms. The Morgan fingerprint density at radius 2 is 2.33 bits per heavy atom. The summed E-state index contributed by atoms with van der Waals surface area (Å²) in [5, 5.41) is 0. The molecule has 1 fully saturated rings. The molecule has 0 aliphatic carbocycles. The lowest BCUT2D eigenvalue weighted by Gasteiger charge is -2.37. The number of imidazole rings is 1. The van der Waals surface area contributed by atoms with E-state index in [1.54, 1.807) is 12.4 Å². The summed E-state index contributed by atoms with van der Waals surface area (Å²) in [6.07, 6.45) is 10.4. The lowest BCUT2D eigenvalue weighted by atomic mass is 9.92. The zero-order chi connectivity index (χ0) is 16.9. The molecule has 1 aliphatic rings. The molecule has 24 heavy (non-hydrogen) atoms. The van der Waals surface area contributed by atoms with Gasteiger partial charge in [0.25, 0.3) is 0 Å². The molecule has 0 aromatic carbocycles. The molecule has 0 unspecified atom stereocenters. The fourth-order valence-corrected chi connectivity index (χ4v) is 3.50. The molecule has 2 atom stereocenters. The smallest absolute Gasteiger partial charge is 0.327 e. The molecule has 6 heteroatoms. The first-order valence-electron chi connectivity index (χ1n) is 8.37. The predicted octanol–water partition coefficient (Wildman–Crippen LogP) is 1.98. The third-order valence-corrected chi connectivity index (χ3v) is 4.73. The number of likely N-dealkylation sites (tertiary alicyclic amines) is 1. The second-order valence-corrected chi connectivity index (χ2v) is 6.37. The molecule has 0 N–H and O–H groups in total. The van der Waals surface area contributed by atoms with Gasteiger partial charge in [-0.2, -0.15) is 0 Å². The highest BCUT2D eigenvalue weighted by Gasteiger charge is 2.33. The van der Waals surface area contributed by atoms with Gasteiger partial charge in [-0.15, -0.1) is 0 Å². The summed E-state index contributed by atoms with van der Waals surface area (Å²) in [6, 6.07) is 3.42. The van der Waals surface area contributed by atoms with E-state index in [1.165, 1.54) is 7.11 Å². The van der Waals surface area contributed by atoms with Crippen molar-refractivity contribution in [1.29, 1.82) is 0 Å². The van der Waals surface area contributed by atoms with Crippen molar-refractivity contribution in [1.82, 2.24) is 19.4 Å². The van der Waals surface area contributed by atoms with Crippen molar-refractivity contribution in [3.8, 4) is 0 Å². The number of aryl methyl sites for hydroxylation is 1. The number of esters is 1. The summed E-state index contributed by atoms with van der Waals surface area (Å²) in [4.78, 5) is 23.2. The van der Waals surface area contributed by atoms with Crippen LogP contribution in [0.25, 0.3) is 0 Å². The number of hydrogen-bond acceptors (Lipinski definition) is 5. The average molecular weight is 328 g/mol. The molecule has 3 heterocycles. The van der Waals surface area contributed by atoms with Gasteiger partial charge in [0.15, 0.2) is 0 Å². The molecule has 0 amide bonds. The molecule has 2 aromatic heterocycles. The third kappa shape index (κ3) is 3.64. The monoisotopic (exact) mass is 328 g/mol. The SMILES string of the molecule is COC(=O)[C@@H](c1cccnc1)N1CCC[C@@H](Cc2nccn2C)C1. The summed E-state index contributed by atoms with van der Waals surface area (Å²) in [6.45, 7) is 1.76. The van der Waals surface area contributed by atoms with E-state index in [0.29, 0.717) is 5.92 Å². The van der Waals surface area contributed by atoms with Gasteiger partial charge in [0.1, 0.15) is 11.9 Å². The maximum Gasteiger partial charge on any atom is 0.327 e. The largest absolute Gasteiger partial charge is 0.468 e. The Labute approximate surface area is 142 Å². The van der Waals surface area contributed by atoms with Gasteiger partial charge in [-0.1, -0.05) is 6.07 Å². The van der Waals surface area contributed by atoms with Crippen molar-refractivity contribution in [3.05, 3.63) is 48.3 Å². The fourth-order valence-electron chi connectivity index (χ4n) is 3.50. The lowest BCUT2D eigenvalue weighted by Crippen LogP contribution is -2.42. The van der Waals surface area contributed by atoms with Gasteiger partial charge in [0, 0.05) is 44.8 Å². The van der Waals surface area contributed by atoms with E-state index in [1.807, 2.05) is 31.6 Å². The minimum Gasteiger partial charge on any atom is -0.468 e. The zero-order valence-corrected chi connectivity index (χ0v) is 14.3. The number of aromatic nitrogens is 3. The van der Waals surface area contributed by atoms with Crippen LogP contribution >= 0.6 is 0 Å². The van der Waals surface area contributed by atoms with Crippen LogP contribution in [-0.4, -0.2) is 45.6 Å². The number of methoxy groups -OCH3 is 1. The Bertz CT molecular complexity index is 671. The number of piperidine rings is 1. The summed E-state index contributed by atoms with van der Waals surface area (Å²) in [5.41, 5.74) is 0.891. The van der Waals surface area contributed by atoms with Crippen LogP contribution in [0.2, 0.25) is 0 Å². The first-order chi connectivity index (χ1) is 11.7. The van der Waals surface area contributed by atoms with Gasteiger partial charge in [0.05, 0.1) is 7.11 Å². The quantitative estimate of drug-likeness (QED) is 0.786. The second-order valence-electron chi connectivity index (χ2n) is 6.37. The number of pyridine rings is 1. The summed E-state index contributed by atoms with van der Waals surface area (Å²) in [5.74, 6) is 1.36. The Hall–Kier alpha value is -2.21. The summed E-state index contributed by atoms with van der Waals surface area (Å²) in [7, 11) is 3.47. The molecular formula is C18H24N4O2. The van der Waals surface area contributed by atoms with Gasteiger partial charge in [-0.25, -0.2) is 9.78 Å². The minimum absolute atomic E-state index is 0.222. The zero-order valence-electron chi connectivity index (χ0n) is 14.3. The van der Waals surface area contributed by atoms with Gasteiger partial charge in [-0.3, -0.25) is 9.88 Å². The second kappa shape index (κ2) is 7.57. The molecule has 1 aliphatic heterocycles. The molecule has 0 bridgehead atoms. The van der Waals surface area contributed by atoms with Crippen LogP contribution in [-0.2, 0) is 23.0 Å². The van der Waals surface area contributed by atoms with E-state index in [4.69, 9.17) is 4.74 Å². The Balaban J connectivity index is 1.75. The maximum absolute atomic E-state index is 12.4. The number of nitrogens with zero attached hydrogens (tertiary/aromatic N) is 4. The van der Waals surface area contributed by atoms with Crippen LogP contribution < -0.4 is 0 Å². The van der Waals surface area contributed by atoms with Crippen molar-refractivity contribution in [2.45, 2.75) is 25.3 Å². The van der Waals surface area contributed by atoms with Crippen LogP contribution in [0.3, 0.4) is 0 Å². The molecule has 0 radical (unpaired) electrons. The molecule has 3 rings (SSSR count). The lowest BCUT2D eigenvalue weighted by molar-refractivity contribution is -0.148. The molecule has 1 saturated heterocycles. The highest BCUT2D eigenvalue weighted by molar-refractivity contribution is 5.77. The third-order valence-electron chi connectivity index (χ3n) is 4.73. The number of carbonyl (C=O) groups is 1. The van der Waals surface area contributed by atoms with E-state index >= 15 is 0 Å². The van der Waals surface area contributed by atoms with Crippen molar-refractivity contribution in [3.63, 3.8) is 0 Å². The number of carbonyl (C=O) groups excluding carboxylic acids is 1. The topological polar surface area (TPSA) is 60.2 Å². The number of ether oxygens (including phenoxy) is 1. The predicted molar refractivity (Wildman–Crippen MR) is 90.2 cm³/mol. The Morgan fingerprint density at radius 3 is 3.00 bits per heavy atom. The number of rotatable bonds is 5. The Morgan fingerprint density at radius 1 is 1.46 bits per heavy atom. The van der Waals surface area contributed by atoms with Crippen LogP contribution in [0.1, 0.15) is 30.3 Å². The maximum atomic E-state index is 12.4. The average Bonchev–Trinajstić information content (AvgIpc) is 3.01. The van der Waals surface area contributed by atoms with E-state index in [-0.39, 0.29) is 12.0 Å². The van der Waals surface area contributed by atoms with E-state index in [9.17, 15) is 4.79 Å². The molecule has 128 valence electrons. The Kier molecular flexibility index (Phi) is 5.25. The van der Waals surface area contributed by atoms with Crippen molar-refractivity contribution >= 4 is 5.97 Å². The minimum atomic E-state index is -0.382. The van der Waals surface area contributed by atoms with E-state index < -0.39 is 0 Å². The highest BCUT2D eigenvalue weighted by atomic mass is 16.5. The van der Waals surface area contributed by atoms with Crippen LogP contribution in [0.5, 0.6) is 0 Å². The summed E-state index contributed by atoms with van der Waals surface area (Å²) < 4.78 is 7.12. The van der Waals surface area contributed by atoms with Crippen molar-refractivity contribution < 1.29 is 9.53 Å². The number of hydrogen-bond donors (Lipinski definition) is 0. The highest BCUT2D eigenvalue weighted by Crippen LogP contribution is 2.29. The van der Waals surface area contributed by atoms with Crippen LogP contribution in [0.15, 0.2) is 36.9 Å².